The van der Waals surface area contributed by atoms with E-state index in [-0.39, 0.29) is 23.1 Å². The SMILES string of the molecule is COc1nc2c3c(nc(C)c(F)c3n1)OCCNCCCC(C#N)C2. The van der Waals surface area contributed by atoms with Crippen molar-refractivity contribution in [3.8, 4) is 18.0 Å². The molecule has 1 unspecified atom stereocenters. The Labute approximate surface area is 145 Å². The first-order valence-corrected chi connectivity index (χ1v) is 8.28. The molecular weight excluding hydrogens is 325 g/mol. The van der Waals surface area contributed by atoms with Crippen LogP contribution in [0.3, 0.4) is 0 Å². The fourth-order valence-corrected chi connectivity index (χ4v) is 2.90. The zero-order valence-corrected chi connectivity index (χ0v) is 14.3. The number of hydrogen-bond acceptors (Lipinski definition) is 7. The van der Waals surface area contributed by atoms with E-state index in [4.69, 9.17) is 9.47 Å². The van der Waals surface area contributed by atoms with E-state index in [2.05, 4.69) is 26.3 Å². The predicted molar refractivity (Wildman–Crippen MR) is 89.0 cm³/mol. The minimum atomic E-state index is -0.525. The summed E-state index contributed by atoms with van der Waals surface area (Å²) in [4.78, 5) is 12.7. The Bertz CT molecular complexity index is 821. The van der Waals surface area contributed by atoms with Crippen molar-refractivity contribution in [2.75, 3.05) is 26.8 Å². The maximum atomic E-state index is 14.6. The number of nitrogens with zero attached hydrogens (tertiary/aromatic N) is 4. The number of nitriles is 1. The van der Waals surface area contributed by atoms with Crippen LogP contribution < -0.4 is 14.8 Å². The van der Waals surface area contributed by atoms with Gasteiger partial charge >= 0.3 is 6.01 Å². The largest absolute Gasteiger partial charge is 0.476 e. The molecular formula is C17H20FN5O2. The molecule has 0 amide bonds. The molecule has 0 saturated carbocycles. The number of nitrogens with one attached hydrogen (secondary N) is 1. The van der Waals surface area contributed by atoms with Crippen molar-refractivity contribution in [3.63, 3.8) is 0 Å². The van der Waals surface area contributed by atoms with Crippen LogP contribution in [0, 0.1) is 30.0 Å². The second-order valence-corrected chi connectivity index (χ2v) is 5.97. The summed E-state index contributed by atoms with van der Waals surface area (Å²) < 4.78 is 25.5. The van der Waals surface area contributed by atoms with Crippen molar-refractivity contribution in [2.24, 2.45) is 5.92 Å². The zero-order chi connectivity index (χ0) is 17.8. The predicted octanol–water partition coefficient (Wildman–Crippen LogP) is 1.93. The number of ether oxygens (including phenoxy) is 2. The molecule has 3 heterocycles. The maximum Gasteiger partial charge on any atom is 0.317 e. The third kappa shape index (κ3) is 3.61. The molecule has 25 heavy (non-hydrogen) atoms. The number of halogens is 1. The minimum Gasteiger partial charge on any atom is -0.476 e. The second kappa shape index (κ2) is 7.57. The summed E-state index contributed by atoms with van der Waals surface area (Å²) in [5.74, 6) is -0.463. The summed E-state index contributed by atoms with van der Waals surface area (Å²) in [7, 11) is 1.43. The standard InChI is InChI=1S/C17H20FN5O2/c1-10-14(18)15-13-12(22-17(23-15)24-2)8-11(9-19)4-3-5-20-6-7-25-16(13)21-10/h11,20H,3-8H2,1-2H3. The third-order valence-electron chi connectivity index (χ3n) is 4.20. The molecule has 0 fully saturated rings. The van der Waals surface area contributed by atoms with Gasteiger partial charge in [0.05, 0.1) is 35.9 Å². The van der Waals surface area contributed by atoms with Crippen molar-refractivity contribution >= 4 is 10.9 Å². The van der Waals surface area contributed by atoms with E-state index in [0.29, 0.717) is 36.5 Å². The first-order valence-electron chi connectivity index (χ1n) is 8.28. The summed E-state index contributed by atoms with van der Waals surface area (Å²) in [5.41, 5.74) is 0.848. The topological polar surface area (TPSA) is 93.0 Å². The Kier molecular flexibility index (Phi) is 5.24. The lowest BCUT2D eigenvalue weighted by Crippen LogP contribution is -2.24. The molecule has 1 N–H and O–H groups in total. The van der Waals surface area contributed by atoms with Crippen LogP contribution in [-0.4, -0.2) is 41.8 Å². The Hall–Kier alpha value is -2.53. The van der Waals surface area contributed by atoms with Crippen LogP contribution in [0.25, 0.3) is 10.9 Å². The average Bonchev–Trinajstić information content (AvgIpc) is 2.61. The second-order valence-electron chi connectivity index (χ2n) is 5.97. The summed E-state index contributed by atoms with van der Waals surface area (Å²) in [5, 5.41) is 13.1. The summed E-state index contributed by atoms with van der Waals surface area (Å²) in [6.07, 6.45) is 1.97. The van der Waals surface area contributed by atoms with E-state index in [9.17, 15) is 9.65 Å². The van der Waals surface area contributed by atoms with Crippen molar-refractivity contribution in [1.82, 2.24) is 20.3 Å². The Balaban J connectivity index is 2.21. The molecule has 3 rings (SSSR count). The molecule has 7 nitrogen and oxygen atoms in total. The molecule has 0 saturated heterocycles. The average molecular weight is 345 g/mol. The number of hydrogen-bond donors (Lipinski definition) is 1. The highest BCUT2D eigenvalue weighted by atomic mass is 19.1. The molecule has 0 aromatic carbocycles. The third-order valence-corrected chi connectivity index (χ3v) is 4.20. The van der Waals surface area contributed by atoms with Gasteiger partial charge in [0.2, 0.25) is 5.88 Å². The summed E-state index contributed by atoms with van der Waals surface area (Å²) in [6.45, 7) is 3.42. The molecule has 0 aliphatic carbocycles. The molecule has 0 bridgehead atoms. The van der Waals surface area contributed by atoms with Gasteiger partial charge in [-0.1, -0.05) is 0 Å². The van der Waals surface area contributed by atoms with E-state index < -0.39 is 5.82 Å². The van der Waals surface area contributed by atoms with E-state index in [1.54, 1.807) is 6.92 Å². The Morgan fingerprint density at radius 1 is 1.32 bits per heavy atom. The molecule has 0 radical (unpaired) electrons. The van der Waals surface area contributed by atoms with Gasteiger partial charge in [-0.25, -0.2) is 9.37 Å². The molecule has 1 aliphatic rings. The van der Waals surface area contributed by atoms with Crippen LogP contribution in [0.1, 0.15) is 24.2 Å². The van der Waals surface area contributed by atoms with Gasteiger partial charge in [0, 0.05) is 13.0 Å². The lowest BCUT2D eigenvalue weighted by Gasteiger charge is -2.17. The van der Waals surface area contributed by atoms with Crippen molar-refractivity contribution in [2.45, 2.75) is 26.2 Å². The fraction of sp³-hybridized carbons (Fsp3) is 0.529. The zero-order valence-electron chi connectivity index (χ0n) is 14.3. The number of methoxy groups -OCH3 is 1. The van der Waals surface area contributed by atoms with E-state index in [1.807, 2.05) is 0 Å². The van der Waals surface area contributed by atoms with E-state index in [0.717, 1.165) is 19.4 Å². The quantitative estimate of drug-likeness (QED) is 0.844. The lowest BCUT2D eigenvalue weighted by atomic mass is 9.97. The first kappa shape index (κ1) is 17.3. The van der Waals surface area contributed by atoms with Crippen LogP contribution in [0.5, 0.6) is 11.9 Å². The van der Waals surface area contributed by atoms with Crippen LogP contribution in [0.15, 0.2) is 0 Å². The van der Waals surface area contributed by atoms with Gasteiger partial charge in [0.25, 0.3) is 0 Å². The summed E-state index contributed by atoms with van der Waals surface area (Å²) >= 11 is 0. The molecule has 2 aromatic heterocycles. The number of aryl methyl sites for hydroxylation is 1. The highest BCUT2D eigenvalue weighted by molar-refractivity contribution is 5.87. The van der Waals surface area contributed by atoms with Crippen LogP contribution in [0.4, 0.5) is 4.39 Å². The smallest absolute Gasteiger partial charge is 0.317 e. The first-order chi connectivity index (χ1) is 12.1. The van der Waals surface area contributed by atoms with Crippen LogP contribution in [0.2, 0.25) is 0 Å². The van der Waals surface area contributed by atoms with Crippen molar-refractivity contribution < 1.29 is 13.9 Å². The van der Waals surface area contributed by atoms with Crippen LogP contribution >= 0.6 is 0 Å². The normalized spacial score (nSPS) is 18.6. The van der Waals surface area contributed by atoms with Crippen LogP contribution in [-0.2, 0) is 6.42 Å². The van der Waals surface area contributed by atoms with Gasteiger partial charge in [-0.15, -0.1) is 0 Å². The highest BCUT2D eigenvalue weighted by Crippen LogP contribution is 2.32. The van der Waals surface area contributed by atoms with Gasteiger partial charge in [-0.3, -0.25) is 0 Å². The number of aromatic nitrogens is 3. The molecule has 1 aliphatic heterocycles. The Morgan fingerprint density at radius 2 is 2.16 bits per heavy atom. The minimum absolute atomic E-state index is 0.0726. The van der Waals surface area contributed by atoms with Gasteiger partial charge in [0.1, 0.15) is 12.1 Å². The fourth-order valence-electron chi connectivity index (χ4n) is 2.90. The van der Waals surface area contributed by atoms with E-state index in [1.165, 1.54) is 7.11 Å². The summed E-state index contributed by atoms with van der Waals surface area (Å²) in [6, 6.07) is 2.38. The lowest BCUT2D eigenvalue weighted by molar-refractivity contribution is 0.302. The number of rotatable bonds is 1. The molecule has 0 spiro atoms. The van der Waals surface area contributed by atoms with Gasteiger partial charge in [-0.05, 0) is 26.3 Å². The Morgan fingerprint density at radius 3 is 2.92 bits per heavy atom. The van der Waals surface area contributed by atoms with Crippen molar-refractivity contribution in [1.29, 1.82) is 5.26 Å². The van der Waals surface area contributed by atoms with E-state index >= 15 is 0 Å². The molecule has 132 valence electrons. The van der Waals surface area contributed by atoms with Crippen molar-refractivity contribution in [3.05, 3.63) is 17.2 Å². The molecule has 2 aromatic rings. The van der Waals surface area contributed by atoms with Gasteiger partial charge in [0.15, 0.2) is 5.82 Å². The number of pyridine rings is 1. The molecule has 1 atom stereocenters. The highest BCUT2D eigenvalue weighted by Gasteiger charge is 2.22. The molecule has 8 heteroatoms. The van der Waals surface area contributed by atoms with Gasteiger partial charge < -0.3 is 14.8 Å². The van der Waals surface area contributed by atoms with Gasteiger partial charge in [-0.2, -0.15) is 15.2 Å². The maximum absolute atomic E-state index is 14.6. The monoisotopic (exact) mass is 345 g/mol.